The number of aromatic amines is 1. The maximum absolute atomic E-state index is 12.0. The molecule has 1 atom stereocenters. The van der Waals surface area contributed by atoms with Gasteiger partial charge in [-0.15, -0.1) is 0 Å². The summed E-state index contributed by atoms with van der Waals surface area (Å²) in [6, 6.07) is 10.1. The molecule has 160 valence electrons. The van der Waals surface area contributed by atoms with Crippen molar-refractivity contribution in [1.82, 2.24) is 19.9 Å². The van der Waals surface area contributed by atoms with Crippen LogP contribution in [0.1, 0.15) is 6.42 Å². The van der Waals surface area contributed by atoms with Gasteiger partial charge in [0.25, 0.3) is 0 Å². The maximum atomic E-state index is 12.0. The van der Waals surface area contributed by atoms with Gasteiger partial charge in [0, 0.05) is 65.6 Å². The van der Waals surface area contributed by atoms with Crippen molar-refractivity contribution in [2.24, 2.45) is 5.73 Å². The SMILES string of the molecule is C=CC(=O)Nc1cc(-c2cnc3[nH]cc(-c4ccncn4)c3c2)cc(N2CCC(N)C2)c1. The number of anilines is 2. The van der Waals surface area contributed by atoms with Crippen LogP contribution in [0.3, 0.4) is 0 Å². The van der Waals surface area contributed by atoms with E-state index in [4.69, 9.17) is 5.73 Å². The zero-order valence-electron chi connectivity index (χ0n) is 17.5. The third-order valence-corrected chi connectivity index (χ3v) is 5.68. The first-order chi connectivity index (χ1) is 15.6. The first-order valence-electron chi connectivity index (χ1n) is 10.4. The molecule has 3 aromatic heterocycles. The largest absolute Gasteiger partial charge is 0.370 e. The van der Waals surface area contributed by atoms with Gasteiger partial charge in [-0.3, -0.25) is 4.79 Å². The fourth-order valence-electron chi connectivity index (χ4n) is 4.07. The average molecular weight is 425 g/mol. The zero-order valence-corrected chi connectivity index (χ0v) is 17.5. The quantitative estimate of drug-likeness (QED) is 0.423. The van der Waals surface area contributed by atoms with E-state index in [1.165, 1.54) is 12.4 Å². The number of nitrogens with zero attached hydrogens (tertiary/aromatic N) is 4. The summed E-state index contributed by atoms with van der Waals surface area (Å²) < 4.78 is 0. The summed E-state index contributed by atoms with van der Waals surface area (Å²) in [5.74, 6) is -0.253. The third kappa shape index (κ3) is 3.83. The van der Waals surface area contributed by atoms with E-state index in [1.807, 2.05) is 30.6 Å². The molecule has 1 fully saturated rings. The number of nitrogens with two attached hydrogens (primary N) is 1. The smallest absolute Gasteiger partial charge is 0.247 e. The molecule has 0 spiro atoms. The zero-order chi connectivity index (χ0) is 22.1. The van der Waals surface area contributed by atoms with E-state index in [-0.39, 0.29) is 11.9 Å². The van der Waals surface area contributed by atoms with Crippen LogP contribution < -0.4 is 16.0 Å². The third-order valence-electron chi connectivity index (χ3n) is 5.68. The molecule has 0 radical (unpaired) electrons. The molecule has 8 nitrogen and oxygen atoms in total. The molecule has 32 heavy (non-hydrogen) atoms. The van der Waals surface area contributed by atoms with E-state index in [1.54, 1.807) is 6.20 Å². The Bertz CT molecular complexity index is 1300. The topological polar surface area (TPSA) is 113 Å². The van der Waals surface area contributed by atoms with Gasteiger partial charge in [0.05, 0.1) is 5.69 Å². The predicted octanol–water partition coefficient (Wildman–Crippen LogP) is 3.35. The Morgan fingerprint density at radius 3 is 2.91 bits per heavy atom. The summed E-state index contributed by atoms with van der Waals surface area (Å²) in [6.07, 6.45) is 9.19. The van der Waals surface area contributed by atoms with Crippen LogP contribution in [0.5, 0.6) is 0 Å². The van der Waals surface area contributed by atoms with Gasteiger partial charge >= 0.3 is 0 Å². The van der Waals surface area contributed by atoms with E-state index in [2.05, 4.69) is 48.9 Å². The highest BCUT2D eigenvalue weighted by molar-refractivity contribution is 6.00. The Balaban J connectivity index is 1.60. The minimum Gasteiger partial charge on any atom is -0.370 e. The van der Waals surface area contributed by atoms with Crippen LogP contribution in [0.15, 0.2) is 67.9 Å². The summed E-state index contributed by atoms with van der Waals surface area (Å²) in [4.78, 5) is 30.4. The molecular weight excluding hydrogens is 402 g/mol. The number of aromatic nitrogens is 4. The molecular formula is C24H23N7O. The van der Waals surface area contributed by atoms with Crippen LogP contribution in [0.25, 0.3) is 33.4 Å². The number of hydrogen-bond donors (Lipinski definition) is 3. The molecule has 1 aromatic carbocycles. The molecule has 4 heterocycles. The molecule has 1 aliphatic heterocycles. The van der Waals surface area contributed by atoms with E-state index in [0.29, 0.717) is 5.69 Å². The molecule has 1 aliphatic rings. The van der Waals surface area contributed by atoms with Crippen LogP contribution in [-0.2, 0) is 4.79 Å². The molecule has 4 aromatic rings. The Labute approximate surface area is 185 Å². The van der Waals surface area contributed by atoms with Crippen LogP contribution >= 0.6 is 0 Å². The van der Waals surface area contributed by atoms with Crippen LogP contribution in [0.2, 0.25) is 0 Å². The van der Waals surface area contributed by atoms with E-state index >= 15 is 0 Å². The first-order valence-corrected chi connectivity index (χ1v) is 10.4. The Morgan fingerprint density at radius 1 is 1.25 bits per heavy atom. The van der Waals surface area contributed by atoms with Crippen molar-refractivity contribution >= 4 is 28.3 Å². The second kappa shape index (κ2) is 8.24. The van der Waals surface area contributed by atoms with Gasteiger partial charge in [0.1, 0.15) is 12.0 Å². The predicted molar refractivity (Wildman–Crippen MR) is 126 cm³/mol. The number of nitrogens with one attached hydrogen (secondary N) is 2. The number of amides is 1. The highest BCUT2D eigenvalue weighted by atomic mass is 16.1. The number of H-pyrrole nitrogens is 1. The van der Waals surface area contributed by atoms with Gasteiger partial charge < -0.3 is 20.9 Å². The fraction of sp³-hybridized carbons (Fsp3) is 0.167. The number of benzene rings is 1. The lowest BCUT2D eigenvalue weighted by atomic mass is 10.0. The molecule has 8 heteroatoms. The minimum atomic E-state index is -0.253. The first kappa shape index (κ1) is 19.9. The normalized spacial score (nSPS) is 15.8. The minimum absolute atomic E-state index is 0.151. The Kier molecular flexibility index (Phi) is 5.12. The molecule has 0 saturated carbocycles. The number of rotatable bonds is 5. The standard InChI is InChI=1S/C24H23N7O/c1-2-23(32)30-18-7-15(8-19(10-18)31-6-4-17(25)13-31)16-9-20-21(12-28-24(20)27-11-16)22-3-5-26-14-29-22/h2-3,5,7-12,14,17H,1,4,6,13,25H2,(H,27,28)(H,30,32). The summed E-state index contributed by atoms with van der Waals surface area (Å²) >= 11 is 0. The molecule has 5 rings (SSSR count). The van der Waals surface area contributed by atoms with Crippen molar-refractivity contribution in [3.05, 3.63) is 67.9 Å². The maximum Gasteiger partial charge on any atom is 0.247 e. The van der Waals surface area contributed by atoms with Gasteiger partial charge in [0.2, 0.25) is 5.91 Å². The van der Waals surface area contributed by atoms with Crippen molar-refractivity contribution < 1.29 is 4.79 Å². The average Bonchev–Trinajstić information content (AvgIpc) is 3.45. The van der Waals surface area contributed by atoms with E-state index in [0.717, 1.165) is 58.6 Å². The van der Waals surface area contributed by atoms with Crippen molar-refractivity contribution in [1.29, 1.82) is 0 Å². The van der Waals surface area contributed by atoms with E-state index in [9.17, 15) is 4.79 Å². The van der Waals surface area contributed by atoms with Gasteiger partial charge in [-0.05, 0) is 48.4 Å². The molecule has 4 N–H and O–H groups in total. The Hall–Kier alpha value is -4.04. The molecule has 0 bridgehead atoms. The number of carbonyl (C=O) groups excluding carboxylic acids is 1. The second-order valence-corrected chi connectivity index (χ2v) is 7.87. The van der Waals surface area contributed by atoms with Crippen molar-refractivity contribution in [2.75, 3.05) is 23.3 Å². The summed E-state index contributed by atoms with van der Waals surface area (Å²) in [6.45, 7) is 5.22. The number of fused-ring (bicyclic) bond motifs is 1. The van der Waals surface area contributed by atoms with Crippen molar-refractivity contribution in [2.45, 2.75) is 12.5 Å². The summed E-state index contributed by atoms with van der Waals surface area (Å²) in [5.41, 5.74) is 12.3. The molecule has 1 unspecified atom stereocenters. The van der Waals surface area contributed by atoms with Gasteiger partial charge in [0.15, 0.2) is 0 Å². The lowest BCUT2D eigenvalue weighted by Crippen LogP contribution is -2.26. The van der Waals surface area contributed by atoms with Crippen LogP contribution in [0, 0.1) is 0 Å². The fourth-order valence-corrected chi connectivity index (χ4v) is 4.07. The molecule has 1 saturated heterocycles. The Morgan fingerprint density at radius 2 is 2.16 bits per heavy atom. The van der Waals surface area contributed by atoms with Crippen molar-refractivity contribution in [3.63, 3.8) is 0 Å². The van der Waals surface area contributed by atoms with E-state index < -0.39 is 0 Å². The molecule has 1 amide bonds. The highest BCUT2D eigenvalue weighted by Gasteiger charge is 2.21. The summed E-state index contributed by atoms with van der Waals surface area (Å²) in [5, 5.41) is 3.85. The van der Waals surface area contributed by atoms with Crippen molar-refractivity contribution in [3.8, 4) is 22.4 Å². The van der Waals surface area contributed by atoms with Crippen LogP contribution in [0.4, 0.5) is 11.4 Å². The lowest BCUT2D eigenvalue weighted by molar-refractivity contribution is -0.111. The number of pyridine rings is 1. The summed E-state index contributed by atoms with van der Waals surface area (Å²) in [7, 11) is 0. The van der Waals surface area contributed by atoms with Gasteiger partial charge in [-0.1, -0.05) is 6.58 Å². The monoisotopic (exact) mass is 425 g/mol. The lowest BCUT2D eigenvalue weighted by Gasteiger charge is -2.20. The van der Waals surface area contributed by atoms with Gasteiger partial charge in [-0.2, -0.15) is 0 Å². The highest BCUT2D eigenvalue weighted by Crippen LogP contribution is 2.34. The van der Waals surface area contributed by atoms with Crippen LogP contribution in [-0.4, -0.2) is 45.0 Å². The number of hydrogen-bond acceptors (Lipinski definition) is 6. The van der Waals surface area contributed by atoms with Gasteiger partial charge in [-0.25, -0.2) is 15.0 Å². The molecule has 0 aliphatic carbocycles. The second-order valence-electron chi connectivity index (χ2n) is 7.87. The number of carbonyl (C=O) groups is 1.